The largest absolute Gasteiger partial charge is 0.327 e. The maximum atomic E-state index is 12.5. The molecule has 0 aliphatic heterocycles. The first-order valence-electron chi connectivity index (χ1n) is 4.28. The summed E-state index contributed by atoms with van der Waals surface area (Å²) in [7, 11) is 0. The lowest BCUT2D eigenvalue weighted by Crippen LogP contribution is -2.37. The van der Waals surface area contributed by atoms with Crippen LogP contribution in [0.5, 0.6) is 0 Å². The monoisotopic (exact) mass is 165 g/mol. The highest BCUT2D eigenvalue weighted by Crippen LogP contribution is 2.35. The Balaban J connectivity index is 2.18. The van der Waals surface area contributed by atoms with Crippen LogP contribution in [0.2, 0.25) is 0 Å². The molecule has 2 atom stereocenters. The van der Waals surface area contributed by atoms with Gasteiger partial charge in [0.25, 0.3) is 0 Å². The van der Waals surface area contributed by atoms with Crippen molar-refractivity contribution in [3.63, 3.8) is 0 Å². The van der Waals surface area contributed by atoms with Crippen LogP contribution in [0.25, 0.3) is 0 Å². The van der Waals surface area contributed by atoms with Gasteiger partial charge in [0.2, 0.25) is 0 Å². The van der Waals surface area contributed by atoms with Gasteiger partial charge >= 0.3 is 0 Å². The molecular weight excluding hydrogens is 153 g/mol. The van der Waals surface area contributed by atoms with Gasteiger partial charge in [-0.1, -0.05) is 12.1 Å². The van der Waals surface area contributed by atoms with Crippen LogP contribution in [0.15, 0.2) is 24.3 Å². The molecule has 0 bridgehead atoms. The zero-order valence-electron chi connectivity index (χ0n) is 6.83. The molecule has 0 saturated heterocycles. The van der Waals surface area contributed by atoms with Gasteiger partial charge in [-0.15, -0.1) is 0 Å². The van der Waals surface area contributed by atoms with E-state index >= 15 is 0 Å². The average Bonchev–Trinajstić information content (AvgIpc) is 2.06. The molecule has 2 rings (SSSR count). The Kier molecular flexibility index (Phi) is 1.85. The molecule has 1 nitrogen and oxygen atoms in total. The summed E-state index contributed by atoms with van der Waals surface area (Å²) >= 11 is 0. The fourth-order valence-corrected chi connectivity index (χ4v) is 1.65. The van der Waals surface area contributed by atoms with E-state index in [2.05, 4.69) is 0 Å². The molecule has 1 saturated carbocycles. The van der Waals surface area contributed by atoms with Crippen LogP contribution in [0, 0.1) is 5.82 Å². The molecule has 64 valence electrons. The zero-order valence-corrected chi connectivity index (χ0v) is 6.83. The Morgan fingerprint density at radius 1 is 1.17 bits per heavy atom. The van der Waals surface area contributed by atoms with Gasteiger partial charge in [0, 0.05) is 6.04 Å². The minimum absolute atomic E-state index is 0.174. The van der Waals surface area contributed by atoms with Gasteiger partial charge in [0.15, 0.2) is 0 Å². The van der Waals surface area contributed by atoms with Gasteiger partial charge < -0.3 is 5.73 Å². The van der Waals surface area contributed by atoms with Gasteiger partial charge in [-0.3, -0.25) is 0 Å². The maximum absolute atomic E-state index is 12.5. The standard InChI is InChI=1S/C10H12FN/c11-8-3-1-7(2-4-8)9-5-6-10(9)12/h1-4,9-10H,5-6,12H2. The first-order valence-corrected chi connectivity index (χ1v) is 4.28. The Bertz CT molecular complexity index is 268. The van der Waals surface area contributed by atoms with Crippen molar-refractivity contribution in [2.75, 3.05) is 0 Å². The second-order valence-corrected chi connectivity index (χ2v) is 3.40. The number of rotatable bonds is 1. The molecule has 1 aromatic rings. The number of benzene rings is 1. The molecule has 1 aliphatic carbocycles. The highest BCUT2D eigenvalue weighted by Gasteiger charge is 2.28. The van der Waals surface area contributed by atoms with E-state index in [0.717, 1.165) is 12.8 Å². The van der Waals surface area contributed by atoms with E-state index in [1.54, 1.807) is 0 Å². The smallest absolute Gasteiger partial charge is 0.123 e. The highest BCUT2D eigenvalue weighted by atomic mass is 19.1. The van der Waals surface area contributed by atoms with Crippen molar-refractivity contribution in [3.05, 3.63) is 35.6 Å². The topological polar surface area (TPSA) is 26.0 Å². The van der Waals surface area contributed by atoms with E-state index in [1.165, 1.54) is 17.7 Å². The van der Waals surface area contributed by atoms with Crippen LogP contribution in [0.4, 0.5) is 4.39 Å². The molecule has 0 heterocycles. The molecule has 0 radical (unpaired) electrons. The van der Waals surface area contributed by atoms with Crippen molar-refractivity contribution in [1.82, 2.24) is 0 Å². The predicted molar refractivity (Wildman–Crippen MR) is 46.4 cm³/mol. The molecule has 0 amide bonds. The van der Waals surface area contributed by atoms with Crippen molar-refractivity contribution >= 4 is 0 Å². The molecule has 0 spiro atoms. The van der Waals surface area contributed by atoms with Crippen LogP contribution >= 0.6 is 0 Å². The van der Waals surface area contributed by atoms with E-state index in [9.17, 15) is 4.39 Å². The molecule has 12 heavy (non-hydrogen) atoms. The molecule has 2 N–H and O–H groups in total. The summed E-state index contributed by atoms with van der Waals surface area (Å²) in [5.41, 5.74) is 6.98. The van der Waals surface area contributed by atoms with Crippen molar-refractivity contribution in [3.8, 4) is 0 Å². The number of hydrogen-bond donors (Lipinski definition) is 1. The molecule has 1 fully saturated rings. The predicted octanol–water partition coefficient (Wildman–Crippen LogP) is 2.03. The van der Waals surface area contributed by atoms with Gasteiger partial charge in [0.05, 0.1) is 0 Å². The van der Waals surface area contributed by atoms with Gasteiger partial charge in [-0.25, -0.2) is 4.39 Å². The summed E-state index contributed by atoms with van der Waals surface area (Å²) in [4.78, 5) is 0. The Labute approximate surface area is 71.4 Å². The lowest BCUT2D eigenvalue weighted by atomic mass is 9.76. The van der Waals surface area contributed by atoms with Crippen molar-refractivity contribution in [2.45, 2.75) is 24.8 Å². The molecule has 2 unspecified atom stereocenters. The summed E-state index contributed by atoms with van der Waals surface area (Å²) in [6.07, 6.45) is 2.24. The summed E-state index contributed by atoms with van der Waals surface area (Å²) in [5, 5.41) is 0. The van der Waals surface area contributed by atoms with Crippen molar-refractivity contribution < 1.29 is 4.39 Å². The van der Waals surface area contributed by atoms with Gasteiger partial charge in [-0.2, -0.15) is 0 Å². The van der Waals surface area contributed by atoms with Crippen LogP contribution in [0.1, 0.15) is 24.3 Å². The lowest BCUT2D eigenvalue weighted by Gasteiger charge is -2.33. The summed E-state index contributed by atoms with van der Waals surface area (Å²) in [6, 6.07) is 6.95. The van der Waals surface area contributed by atoms with Crippen molar-refractivity contribution in [2.24, 2.45) is 5.73 Å². The van der Waals surface area contributed by atoms with E-state index in [-0.39, 0.29) is 11.9 Å². The Morgan fingerprint density at radius 3 is 2.25 bits per heavy atom. The fourth-order valence-electron chi connectivity index (χ4n) is 1.65. The normalized spacial score (nSPS) is 28.2. The van der Waals surface area contributed by atoms with Crippen LogP contribution in [0.3, 0.4) is 0 Å². The van der Waals surface area contributed by atoms with Crippen LogP contribution < -0.4 is 5.73 Å². The van der Waals surface area contributed by atoms with E-state index in [4.69, 9.17) is 5.73 Å². The second-order valence-electron chi connectivity index (χ2n) is 3.40. The Morgan fingerprint density at radius 2 is 1.83 bits per heavy atom. The third-order valence-electron chi connectivity index (χ3n) is 2.63. The first kappa shape index (κ1) is 7.74. The molecular formula is C10H12FN. The van der Waals surface area contributed by atoms with E-state index < -0.39 is 0 Å². The molecule has 0 aromatic heterocycles. The highest BCUT2D eigenvalue weighted by molar-refractivity contribution is 5.24. The summed E-state index contributed by atoms with van der Waals surface area (Å²) in [5.74, 6) is 0.289. The minimum Gasteiger partial charge on any atom is -0.327 e. The summed E-state index contributed by atoms with van der Waals surface area (Å²) in [6.45, 7) is 0. The first-order chi connectivity index (χ1) is 5.77. The number of hydrogen-bond acceptors (Lipinski definition) is 1. The fraction of sp³-hybridized carbons (Fsp3) is 0.400. The molecule has 2 heteroatoms. The van der Waals surface area contributed by atoms with Crippen LogP contribution in [-0.2, 0) is 0 Å². The average molecular weight is 165 g/mol. The Hall–Kier alpha value is -0.890. The lowest BCUT2D eigenvalue weighted by molar-refractivity contribution is 0.346. The third-order valence-corrected chi connectivity index (χ3v) is 2.63. The molecule has 1 aliphatic rings. The van der Waals surface area contributed by atoms with E-state index in [0.29, 0.717) is 5.92 Å². The van der Waals surface area contributed by atoms with Gasteiger partial charge in [0.1, 0.15) is 5.82 Å². The number of nitrogens with two attached hydrogens (primary N) is 1. The number of halogens is 1. The van der Waals surface area contributed by atoms with E-state index in [1.807, 2.05) is 12.1 Å². The van der Waals surface area contributed by atoms with Crippen LogP contribution in [-0.4, -0.2) is 6.04 Å². The molecule has 1 aromatic carbocycles. The maximum Gasteiger partial charge on any atom is 0.123 e. The minimum atomic E-state index is -0.174. The second kappa shape index (κ2) is 2.87. The van der Waals surface area contributed by atoms with Crippen molar-refractivity contribution in [1.29, 1.82) is 0 Å². The summed E-state index contributed by atoms with van der Waals surface area (Å²) < 4.78 is 12.5. The van der Waals surface area contributed by atoms with Gasteiger partial charge in [-0.05, 0) is 36.5 Å². The quantitative estimate of drug-likeness (QED) is 0.677. The third kappa shape index (κ3) is 1.23. The zero-order chi connectivity index (χ0) is 8.55. The SMILES string of the molecule is NC1CCC1c1ccc(F)cc1.